The number of rotatable bonds is 9. The van der Waals surface area contributed by atoms with Crippen LogP contribution in [-0.4, -0.2) is 27.6 Å². The van der Waals surface area contributed by atoms with Crippen LogP contribution in [0.2, 0.25) is 0 Å². The predicted octanol–water partition coefficient (Wildman–Crippen LogP) is 8.30. The van der Waals surface area contributed by atoms with Gasteiger partial charge < -0.3 is 20.4 Å². The van der Waals surface area contributed by atoms with E-state index in [-0.39, 0.29) is 17.9 Å². The summed E-state index contributed by atoms with van der Waals surface area (Å²) in [5.41, 5.74) is 3.19. The van der Waals surface area contributed by atoms with Crippen molar-refractivity contribution < 1.29 is 18.7 Å². The number of aromatic nitrogens is 2. The minimum absolute atomic E-state index is 0.0381. The highest BCUT2D eigenvalue weighted by Crippen LogP contribution is 2.37. The molecule has 0 bridgehead atoms. The van der Waals surface area contributed by atoms with Crippen LogP contribution in [0.1, 0.15) is 61.3 Å². The number of ether oxygens (including phenoxy) is 1. The molecule has 0 unspecified atom stereocenters. The van der Waals surface area contributed by atoms with Gasteiger partial charge in [-0.05, 0) is 72.9 Å². The lowest BCUT2D eigenvalue weighted by Crippen LogP contribution is -2.49. The number of nitriles is 1. The molecule has 50 heavy (non-hydrogen) atoms. The standard InChI is InChI=1S/C41H36FN5O3/c1-40(2,3)50-39(49)46-36(38-44-34-22-21-28(24-35(34)45-38)27-19-20-29(26-43)33(42)23-27)25-37(48)47-41(30-13-7-4-8-14-30,31-15-9-5-10-16-31)32-17-11-6-12-18-32/h4-24,36H,25H2,1-3H3,(H,44,45)(H,46,49)(H,47,48)/t36-/m0/s1. The fraction of sp³-hybridized carbons (Fsp3) is 0.171. The highest BCUT2D eigenvalue weighted by Gasteiger charge is 2.38. The van der Waals surface area contributed by atoms with E-state index in [1.807, 2.05) is 103 Å². The van der Waals surface area contributed by atoms with Crippen molar-refractivity contribution in [3.05, 3.63) is 161 Å². The summed E-state index contributed by atoms with van der Waals surface area (Å²) in [7, 11) is 0. The van der Waals surface area contributed by atoms with Crippen molar-refractivity contribution in [1.29, 1.82) is 5.26 Å². The Morgan fingerprint density at radius 3 is 1.88 bits per heavy atom. The first-order valence-electron chi connectivity index (χ1n) is 16.2. The molecule has 250 valence electrons. The first-order chi connectivity index (χ1) is 24.1. The molecule has 5 aromatic carbocycles. The predicted molar refractivity (Wildman–Crippen MR) is 190 cm³/mol. The minimum atomic E-state index is -1.06. The summed E-state index contributed by atoms with van der Waals surface area (Å²) in [6.45, 7) is 5.28. The fourth-order valence-corrected chi connectivity index (χ4v) is 6.05. The van der Waals surface area contributed by atoms with E-state index in [1.54, 1.807) is 39.0 Å². The zero-order valence-electron chi connectivity index (χ0n) is 27.9. The molecule has 6 rings (SSSR count). The van der Waals surface area contributed by atoms with Crippen LogP contribution < -0.4 is 10.6 Å². The van der Waals surface area contributed by atoms with Gasteiger partial charge in [0.15, 0.2) is 0 Å². The molecule has 0 fully saturated rings. The molecule has 2 amide bonds. The number of H-pyrrole nitrogens is 1. The third-order valence-corrected chi connectivity index (χ3v) is 8.28. The summed E-state index contributed by atoms with van der Waals surface area (Å²) in [5.74, 6) is -0.619. The molecule has 1 atom stereocenters. The molecule has 0 radical (unpaired) electrons. The van der Waals surface area contributed by atoms with Crippen LogP contribution >= 0.6 is 0 Å². The molecule has 0 aliphatic carbocycles. The lowest BCUT2D eigenvalue weighted by atomic mass is 9.77. The number of carbonyl (C=O) groups is 2. The third-order valence-electron chi connectivity index (χ3n) is 8.28. The highest BCUT2D eigenvalue weighted by molar-refractivity contribution is 5.84. The van der Waals surface area contributed by atoms with Crippen molar-refractivity contribution in [3.63, 3.8) is 0 Å². The van der Waals surface area contributed by atoms with E-state index < -0.39 is 29.1 Å². The monoisotopic (exact) mass is 665 g/mol. The second-order valence-corrected chi connectivity index (χ2v) is 13.0. The lowest BCUT2D eigenvalue weighted by molar-refractivity contribution is -0.122. The van der Waals surface area contributed by atoms with Crippen molar-refractivity contribution in [3.8, 4) is 17.2 Å². The molecule has 1 aromatic heterocycles. The fourth-order valence-electron chi connectivity index (χ4n) is 6.05. The highest BCUT2D eigenvalue weighted by atomic mass is 19.1. The maximum Gasteiger partial charge on any atom is 0.408 e. The Morgan fingerprint density at radius 2 is 1.36 bits per heavy atom. The van der Waals surface area contributed by atoms with Crippen molar-refractivity contribution in [1.82, 2.24) is 20.6 Å². The largest absolute Gasteiger partial charge is 0.444 e. The van der Waals surface area contributed by atoms with E-state index in [0.717, 1.165) is 16.7 Å². The van der Waals surface area contributed by atoms with Crippen molar-refractivity contribution >= 4 is 23.0 Å². The molecular formula is C41H36FN5O3. The molecule has 0 aliphatic rings. The number of fused-ring (bicyclic) bond motifs is 1. The zero-order valence-corrected chi connectivity index (χ0v) is 27.9. The van der Waals surface area contributed by atoms with Crippen molar-refractivity contribution in [2.75, 3.05) is 0 Å². The molecule has 3 N–H and O–H groups in total. The summed E-state index contributed by atoms with van der Waals surface area (Å²) < 4.78 is 20.0. The second kappa shape index (κ2) is 14.1. The summed E-state index contributed by atoms with van der Waals surface area (Å²) in [4.78, 5) is 35.5. The van der Waals surface area contributed by atoms with Gasteiger partial charge in [-0.25, -0.2) is 14.2 Å². The number of imidazole rings is 1. The third kappa shape index (κ3) is 7.25. The number of aromatic amines is 1. The van der Waals surface area contributed by atoms with Gasteiger partial charge in [-0.3, -0.25) is 4.79 Å². The maximum atomic E-state index is 14.4. The summed E-state index contributed by atoms with van der Waals surface area (Å²) in [6, 6.07) is 40.0. The molecule has 0 saturated carbocycles. The Bertz CT molecular complexity index is 2070. The van der Waals surface area contributed by atoms with Gasteiger partial charge in [0.25, 0.3) is 0 Å². The van der Waals surface area contributed by atoms with E-state index in [4.69, 9.17) is 15.0 Å². The van der Waals surface area contributed by atoms with Gasteiger partial charge in [-0.15, -0.1) is 0 Å². The van der Waals surface area contributed by atoms with Crippen molar-refractivity contribution in [2.24, 2.45) is 0 Å². The summed E-state index contributed by atoms with van der Waals surface area (Å²) >= 11 is 0. The second-order valence-electron chi connectivity index (χ2n) is 13.0. The van der Waals surface area contributed by atoms with Gasteiger partial charge in [-0.1, -0.05) is 103 Å². The number of hydrogen-bond acceptors (Lipinski definition) is 5. The van der Waals surface area contributed by atoms with Crippen molar-refractivity contribution in [2.45, 2.75) is 44.4 Å². The first kappa shape index (κ1) is 33.6. The molecule has 0 aliphatic heterocycles. The molecule has 0 saturated heterocycles. The average molecular weight is 666 g/mol. The van der Waals surface area contributed by atoms with Gasteiger partial charge in [0.05, 0.1) is 29.1 Å². The Hall–Kier alpha value is -6.27. The SMILES string of the molecule is CC(C)(C)OC(=O)N[C@@H](CC(=O)NC(c1ccccc1)(c1ccccc1)c1ccccc1)c1nc2ccc(-c3ccc(C#N)c(F)c3)cc2[nH]1. The van der Waals surface area contributed by atoms with Crippen LogP contribution in [-0.2, 0) is 15.1 Å². The average Bonchev–Trinajstić information content (AvgIpc) is 3.54. The number of hydrogen-bond donors (Lipinski definition) is 3. The Labute approximate surface area is 290 Å². The minimum Gasteiger partial charge on any atom is -0.444 e. The van der Waals surface area contributed by atoms with E-state index >= 15 is 0 Å². The number of nitrogens with zero attached hydrogens (tertiary/aromatic N) is 2. The maximum absolute atomic E-state index is 14.4. The van der Waals surface area contributed by atoms with Crippen LogP contribution in [0.15, 0.2) is 127 Å². The Kier molecular flexibility index (Phi) is 9.46. The summed E-state index contributed by atoms with van der Waals surface area (Å²) in [5, 5.41) is 15.3. The number of amides is 2. The van der Waals surface area contributed by atoms with Gasteiger partial charge in [0, 0.05) is 0 Å². The zero-order chi connectivity index (χ0) is 35.3. The van der Waals surface area contributed by atoms with Gasteiger partial charge in [-0.2, -0.15) is 5.26 Å². The number of carbonyl (C=O) groups excluding carboxylic acids is 2. The quantitative estimate of drug-likeness (QED) is 0.134. The van der Waals surface area contributed by atoms with Gasteiger partial charge >= 0.3 is 6.09 Å². The first-order valence-corrected chi connectivity index (χ1v) is 16.2. The van der Waals surface area contributed by atoms with Crippen LogP contribution in [0.4, 0.5) is 9.18 Å². The lowest BCUT2D eigenvalue weighted by Gasteiger charge is -2.37. The smallest absolute Gasteiger partial charge is 0.408 e. The van der Waals surface area contributed by atoms with Gasteiger partial charge in [0.2, 0.25) is 5.91 Å². The van der Waals surface area contributed by atoms with E-state index in [1.165, 1.54) is 12.1 Å². The van der Waals surface area contributed by atoms with Gasteiger partial charge in [0.1, 0.15) is 28.9 Å². The number of halogens is 1. The molecule has 8 nitrogen and oxygen atoms in total. The van der Waals surface area contributed by atoms with Crippen LogP contribution in [0.5, 0.6) is 0 Å². The van der Waals surface area contributed by atoms with E-state index in [0.29, 0.717) is 28.0 Å². The number of nitrogens with one attached hydrogen (secondary N) is 3. The molecule has 0 spiro atoms. The molecule has 9 heteroatoms. The Morgan fingerprint density at radius 1 is 0.820 bits per heavy atom. The molecule has 1 heterocycles. The molecular weight excluding hydrogens is 629 g/mol. The number of benzene rings is 5. The normalized spacial score (nSPS) is 12.1. The number of alkyl carbamates (subject to hydrolysis) is 1. The van der Waals surface area contributed by atoms with E-state index in [2.05, 4.69) is 15.6 Å². The summed E-state index contributed by atoms with van der Waals surface area (Å²) in [6.07, 6.45) is -0.883. The topological polar surface area (TPSA) is 120 Å². The Balaban J connectivity index is 1.38. The van der Waals surface area contributed by atoms with E-state index in [9.17, 15) is 14.0 Å². The molecule has 6 aromatic rings. The van der Waals surface area contributed by atoms with Crippen LogP contribution in [0, 0.1) is 17.1 Å². The van der Waals surface area contributed by atoms with Crippen LogP contribution in [0.3, 0.4) is 0 Å². The van der Waals surface area contributed by atoms with Crippen LogP contribution in [0.25, 0.3) is 22.2 Å².